The molecule has 2 heterocycles. The van der Waals surface area contributed by atoms with Crippen LogP contribution in [0.4, 0.5) is 0 Å². The van der Waals surface area contributed by atoms with Crippen LogP contribution in [0.25, 0.3) is 0 Å². The molecule has 3 heteroatoms. The van der Waals surface area contributed by atoms with Gasteiger partial charge in [-0.3, -0.25) is 0 Å². The van der Waals surface area contributed by atoms with E-state index < -0.39 is 0 Å². The summed E-state index contributed by atoms with van der Waals surface area (Å²) in [5.41, 5.74) is 5.34. The lowest BCUT2D eigenvalue weighted by Crippen LogP contribution is -2.25. The quantitative estimate of drug-likeness (QED) is 0.849. The Kier molecular flexibility index (Phi) is 2.69. The zero-order valence-electron chi connectivity index (χ0n) is 10.1. The van der Waals surface area contributed by atoms with Crippen LogP contribution < -0.4 is 5.32 Å². The van der Waals surface area contributed by atoms with E-state index in [1.54, 1.807) is 0 Å². The van der Waals surface area contributed by atoms with Gasteiger partial charge in [0.1, 0.15) is 0 Å². The molecule has 1 aromatic heterocycles. The zero-order valence-corrected chi connectivity index (χ0v) is 10.1. The van der Waals surface area contributed by atoms with E-state index in [2.05, 4.69) is 46.1 Å². The van der Waals surface area contributed by atoms with Crippen molar-refractivity contribution in [3.63, 3.8) is 0 Å². The van der Waals surface area contributed by atoms with Gasteiger partial charge < -0.3 is 9.88 Å². The minimum atomic E-state index is 0.913. The average Bonchev–Trinajstić information content (AvgIpc) is 2.76. The number of nitrogens with zero attached hydrogens (tertiary/aromatic N) is 2. The third-order valence-electron chi connectivity index (χ3n) is 3.47. The number of nitrogens with one attached hydrogen (secondary N) is 1. The highest BCUT2D eigenvalue weighted by Gasteiger charge is 2.14. The van der Waals surface area contributed by atoms with Crippen LogP contribution in [0.15, 0.2) is 30.6 Å². The van der Waals surface area contributed by atoms with Crippen molar-refractivity contribution in [3.05, 3.63) is 53.1 Å². The molecule has 0 spiro atoms. The molecule has 0 fully saturated rings. The summed E-state index contributed by atoms with van der Waals surface area (Å²) in [5.74, 6) is 0. The smallest absolute Gasteiger partial charge is 0.0955 e. The molecule has 0 saturated carbocycles. The topological polar surface area (TPSA) is 29.9 Å². The normalized spacial score (nSPS) is 14.6. The molecule has 1 aliphatic rings. The Bertz CT molecular complexity index is 528. The number of fused-ring (bicyclic) bond motifs is 1. The van der Waals surface area contributed by atoms with Crippen LogP contribution in [0, 0.1) is 6.92 Å². The Morgan fingerprint density at radius 3 is 3.12 bits per heavy atom. The first-order valence-corrected chi connectivity index (χ1v) is 6.12. The molecule has 2 aromatic rings. The van der Waals surface area contributed by atoms with E-state index in [0.717, 1.165) is 26.1 Å². The molecular formula is C14H17N3. The largest absolute Gasteiger partial charge is 0.330 e. The van der Waals surface area contributed by atoms with Crippen molar-refractivity contribution in [1.82, 2.24) is 14.9 Å². The zero-order chi connectivity index (χ0) is 11.7. The number of aromatic nitrogens is 2. The summed E-state index contributed by atoms with van der Waals surface area (Å²) < 4.78 is 2.29. The van der Waals surface area contributed by atoms with Crippen LogP contribution >= 0.6 is 0 Å². The fraction of sp³-hybridized carbons (Fsp3) is 0.357. The highest BCUT2D eigenvalue weighted by molar-refractivity contribution is 5.27. The lowest BCUT2D eigenvalue weighted by atomic mass is 10.1. The molecule has 1 aliphatic heterocycles. The standard InChI is InChI=1S/C14H17N3/c1-11-4-2-3-5-12(11)9-17-10-16-13-8-15-7-6-14(13)17/h2-5,10,15H,6-9H2,1H3. The number of benzene rings is 1. The van der Waals surface area contributed by atoms with Crippen LogP contribution in [-0.4, -0.2) is 16.1 Å². The van der Waals surface area contributed by atoms with Gasteiger partial charge in [0, 0.05) is 31.7 Å². The molecule has 1 N–H and O–H groups in total. The van der Waals surface area contributed by atoms with Crippen molar-refractivity contribution in [2.24, 2.45) is 0 Å². The third-order valence-corrected chi connectivity index (χ3v) is 3.47. The summed E-state index contributed by atoms with van der Waals surface area (Å²) in [4.78, 5) is 4.48. The molecule has 88 valence electrons. The molecule has 0 saturated heterocycles. The number of hydrogen-bond donors (Lipinski definition) is 1. The monoisotopic (exact) mass is 227 g/mol. The average molecular weight is 227 g/mol. The Morgan fingerprint density at radius 2 is 2.24 bits per heavy atom. The van der Waals surface area contributed by atoms with E-state index in [1.807, 2.05) is 6.33 Å². The summed E-state index contributed by atoms with van der Waals surface area (Å²) >= 11 is 0. The number of aryl methyl sites for hydroxylation is 1. The predicted molar refractivity (Wildman–Crippen MR) is 67.9 cm³/mol. The Hall–Kier alpha value is -1.61. The Balaban J connectivity index is 1.91. The predicted octanol–water partition coefficient (Wildman–Crippen LogP) is 1.89. The second-order valence-electron chi connectivity index (χ2n) is 4.62. The van der Waals surface area contributed by atoms with E-state index in [-0.39, 0.29) is 0 Å². The van der Waals surface area contributed by atoms with Crippen molar-refractivity contribution >= 4 is 0 Å². The fourth-order valence-electron chi connectivity index (χ4n) is 2.41. The summed E-state index contributed by atoms with van der Waals surface area (Å²) in [6.45, 7) is 5.08. The summed E-state index contributed by atoms with van der Waals surface area (Å²) in [7, 11) is 0. The van der Waals surface area contributed by atoms with Gasteiger partial charge in [0.2, 0.25) is 0 Å². The maximum Gasteiger partial charge on any atom is 0.0955 e. The Morgan fingerprint density at radius 1 is 1.35 bits per heavy atom. The summed E-state index contributed by atoms with van der Waals surface area (Å²) in [6, 6.07) is 8.56. The summed E-state index contributed by atoms with van der Waals surface area (Å²) in [5, 5.41) is 3.35. The van der Waals surface area contributed by atoms with Crippen molar-refractivity contribution in [2.45, 2.75) is 26.4 Å². The second-order valence-corrected chi connectivity index (χ2v) is 4.62. The minimum Gasteiger partial charge on any atom is -0.330 e. The van der Waals surface area contributed by atoms with Crippen LogP contribution in [0.2, 0.25) is 0 Å². The SMILES string of the molecule is Cc1ccccc1Cn1cnc2c1CCNC2. The number of hydrogen-bond acceptors (Lipinski definition) is 2. The van der Waals surface area contributed by atoms with Gasteiger partial charge >= 0.3 is 0 Å². The van der Waals surface area contributed by atoms with Crippen molar-refractivity contribution < 1.29 is 0 Å². The highest BCUT2D eigenvalue weighted by atomic mass is 15.1. The first-order valence-electron chi connectivity index (χ1n) is 6.12. The molecule has 1 aromatic carbocycles. The van der Waals surface area contributed by atoms with E-state index in [1.165, 1.54) is 22.5 Å². The highest BCUT2D eigenvalue weighted by Crippen LogP contribution is 2.16. The number of imidazole rings is 1. The lowest BCUT2D eigenvalue weighted by molar-refractivity contribution is 0.602. The van der Waals surface area contributed by atoms with E-state index in [0.29, 0.717) is 0 Å². The second kappa shape index (κ2) is 4.34. The summed E-state index contributed by atoms with van der Waals surface area (Å²) in [6.07, 6.45) is 3.06. The van der Waals surface area contributed by atoms with Crippen molar-refractivity contribution in [1.29, 1.82) is 0 Å². The fourth-order valence-corrected chi connectivity index (χ4v) is 2.41. The van der Waals surface area contributed by atoms with Gasteiger partial charge in [0.25, 0.3) is 0 Å². The number of rotatable bonds is 2. The van der Waals surface area contributed by atoms with Gasteiger partial charge in [-0.2, -0.15) is 0 Å². The van der Waals surface area contributed by atoms with Crippen LogP contribution in [-0.2, 0) is 19.5 Å². The molecule has 0 amide bonds. The van der Waals surface area contributed by atoms with E-state index >= 15 is 0 Å². The van der Waals surface area contributed by atoms with Gasteiger partial charge in [-0.25, -0.2) is 4.98 Å². The van der Waals surface area contributed by atoms with Crippen LogP contribution in [0.5, 0.6) is 0 Å². The van der Waals surface area contributed by atoms with Gasteiger partial charge in [0.15, 0.2) is 0 Å². The molecule has 0 unspecified atom stereocenters. The maximum atomic E-state index is 4.48. The lowest BCUT2D eigenvalue weighted by Gasteiger charge is -2.15. The molecule has 0 bridgehead atoms. The first kappa shape index (κ1) is 10.5. The van der Waals surface area contributed by atoms with Crippen LogP contribution in [0.1, 0.15) is 22.5 Å². The van der Waals surface area contributed by atoms with Gasteiger partial charge in [-0.15, -0.1) is 0 Å². The molecule has 17 heavy (non-hydrogen) atoms. The molecule has 3 nitrogen and oxygen atoms in total. The first-order chi connectivity index (χ1) is 8.34. The van der Waals surface area contributed by atoms with Gasteiger partial charge in [-0.1, -0.05) is 24.3 Å². The molecule has 0 atom stereocenters. The van der Waals surface area contributed by atoms with Crippen molar-refractivity contribution in [3.8, 4) is 0 Å². The molecule has 0 aliphatic carbocycles. The third kappa shape index (κ3) is 1.98. The Labute approximate surface area is 101 Å². The molecular weight excluding hydrogens is 210 g/mol. The maximum absolute atomic E-state index is 4.48. The molecule has 3 rings (SSSR count). The van der Waals surface area contributed by atoms with E-state index in [4.69, 9.17) is 0 Å². The van der Waals surface area contributed by atoms with Gasteiger partial charge in [0.05, 0.1) is 12.0 Å². The minimum absolute atomic E-state index is 0.913. The van der Waals surface area contributed by atoms with Crippen LogP contribution in [0.3, 0.4) is 0 Å². The molecule has 0 radical (unpaired) electrons. The van der Waals surface area contributed by atoms with Gasteiger partial charge in [-0.05, 0) is 18.1 Å². The van der Waals surface area contributed by atoms with E-state index in [9.17, 15) is 0 Å². The van der Waals surface area contributed by atoms with Crippen molar-refractivity contribution in [2.75, 3.05) is 6.54 Å².